The summed E-state index contributed by atoms with van der Waals surface area (Å²) in [7, 11) is 0. The van der Waals surface area contributed by atoms with E-state index in [0.29, 0.717) is 0 Å². The highest BCUT2D eigenvalue weighted by atomic mass is 35.5. The molecule has 2 N–H and O–H groups in total. The quantitative estimate of drug-likeness (QED) is 0.787. The largest absolute Gasteiger partial charge is 0.359 e. The third kappa shape index (κ3) is 3.48. The van der Waals surface area contributed by atoms with E-state index in [9.17, 15) is 0 Å². The fraction of sp³-hybridized carbons (Fsp3) is 0.429. The van der Waals surface area contributed by atoms with Gasteiger partial charge in [0.2, 0.25) is 0 Å². The predicted octanol–water partition coefficient (Wildman–Crippen LogP) is 3.13. The lowest BCUT2D eigenvalue weighted by Crippen LogP contribution is -2.18. The van der Waals surface area contributed by atoms with Crippen LogP contribution in [0.1, 0.15) is 24.5 Å². The van der Waals surface area contributed by atoms with Crippen LogP contribution in [0, 0.1) is 0 Å². The van der Waals surface area contributed by atoms with Gasteiger partial charge in [0.15, 0.2) is 0 Å². The third-order valence-electron chi connectivity index (χ3n) is 2.97. The molecule has 2 rings (SSSR count). The van der Waals surface area contributed by atoms with Gasteiger partial charge in [-0.1, -0.05) is 25.6 Å². The maximum atomic E-state index is 3.99. The van der Waals surface area contributed by atoms with Crippen molar-refractivity contribution in [1.29, 1.82) is 0 Å². The fourth-order valence-corrected chi connectivity index (χ4v) is 2.17. The van der Waals surface area contributed by atoms with Gasteiger partial charge in [0.1, 0.15) is 0 Å². The first-order chi connectivity index (χ1) is 7.81. The van der Waals surface area contributed by atoms with Gasteiger partial charge in [-0.25, -0.2) is 0 Å². The Morgan fingerprint density at radius 1 is 1.35 bits per heavy atom. The highest BCUT2D eigenvalue weighted by Gasteiger charge is 2.15. The molecule has 0 bridgehead atoms. The van der Waals surface area contributed by atoms with Gasteiger partial charge in [-0.05, 0) is 43.1 Å². The van der Waals surface area contributed by atoms with Crippen molar-refractivity contribution in [2.24, 2.45) is 0 Å². The molecule has 0 radical (unpaired) electrons. The molecule has 1 aromatic rings. The molecule has 0 aromatic heterocycles. The minimum Gasteiger partial charge on any atom is -0.359 e. The number of nitrogens with one attached hydrogen (secondary N) is 2. The van der Waals surface area contributed by atoms with E-state index in [1.807, 2.05) is 0 Å². The van der Waals surface area contributed by atoms with E-state index >= 15 is 0 Å². The molecule has 94 valence electrons. The maximum Gasteiger partial charge on any atom is 0.0421 e. The molecule has 2 nitrogen and oxygen atoms in total. The SMILES string of the molecule is C=C1Cc2c(CCNCCC)cccc2N1.Cl. The zero-order valence-electron chi connectivity index (χ0n) is 10.4. The van der Waals surface area contributed by atoms with Crippen molar-refractivity contribution < 1.29 is 0 Å². The minimum absolute atomic E-state index is 0. The minimum atomic E-state index is 0. The van der Waals surface area contributed by atoms with Crippen molar-refractivity contribution >= 4 is 18.1 Å². The topological polar surface area (TPSA) is 24.1 Å². The van der Waals surface area contributed by atoms with E-state index < -0.39 is 0 Å². The second-order valence-electron chi connectivity index (χ2n) is 4.35. The normalized spacial score (nSPS) is 12.9. The standard InChI is InChI=1S/C14H20N2.ClH/c1-3-8-15-9-7-12-5-4-6-14-13(12)10-11(2)16-14;/h4-6,15-16H,2-3,7-10H2,1H3;1H. The summed E-state index contributed by atoms with van der Waals surface area (Å²) in [4.78, 5) is 0. The van der Waals surface area contributed by atoms with Crippen molar-refractivity contribution in [1.82, 2.24) is 5.32 Å². The lowest BCUT2D eigenvalue weighted by Gasteiger charge is -2.08. The fourth-order valence-electron chi connectivity index (χ4n) is 2.17. The van der Waals surface area contributed by atoms with Crippen LogP contribution in [0.4, 0.5) is 5.69 Å². The molecule has 0 fully saturated rings. The lowest BCUT2D eigenvalue weighted by molar-refractivity contribution is 0.670. The van der Waals surface area contributed by atoms with E-state index in [4.69, 9.17) is 0 Å². The Hall–Kier alpha value is -0.990. The van der Waals surface area contributed by atoms with Crippen LogP contribution < -0.4 is 10.6 Å². The predicted molar refractivity (Wildman–Crippen MR) is 77.0 cm³/mol. The summed E-state index contributed by atoms with van der Waals surface area (Å²) in [6, 6.07) is 6.49. The number of hydrogen-bond acceptors (Lipinski definition) is 2. The van der Waals surface area contributed by atoms with E-state index in [0.717, 1.165) is 31.6 Å². The summed E-state index contributed by atoms with van der Waals surface area (Å²) in [6.45, 7) is 8.37. The molecule has 1 heterocycles. The Morgan fingerprint density at radius 2 is 2.18 bits per heavy atom. The number of benzene rings is 1. The first-order valence-corrected chi connectivity index (χ1v) is 6.07. The van der Waals surface area contributed by atoms with Crippen molar-refractivity contribution in [2.75, 3.05) is 18.4 Å². The van der Waals surface area contributed by atoms with Gasteiger partial charge in [-0.2, -0.15) is 0 Å². The monoisotopic (exact) mass is 252 g/mol. The van der Waals surface area contributed by atoms with Crippen LogP contribution in [0.15, 0.2) is 30.5 Å². The second kappa shape index (κ2) is 6.67. The van der Waals surface area contributed by atoms with Gasteiger partial charge < -0.3 is 10.6 Å². The number of anilines is 1. The van der Waals surface area contributed by atoms with Crippen LogP contribution >= 0.6 is 12.4 Å². The average molecular weight is 253 g/mol. The molecule has 17 heavy (non-hydrogen) atoms. The molecule has 0 saturated heterocycles. The zero-order valence-corrected chi connectivity index (χ0v) is 11.2. The van der Waals surface area contributed by atoms with E-state index in [1.165, 1.54) is 23.2 Å². The average Bonchev–Trinajstić information content (AvgIpc) is 2.65. The van der Waals surface area contributed by atoms with E-state index in [1.54, 1.807) is 0 Å². The number of halogens is 1. The smallest absolute Gasteiger partial charge is 0.0421 e. The van der Waals surface area contributed by atoms with Gasteiger partial charge in [0.05, 0.1) is 0 Å². The molecule has 3 heteroatoms. The first-order valence-electron chi connectivity index (χ1n) is 6.07. The summed E-state index contributed by atoms with van der Waals surface area (Å²) >= 11 is 0. The summed E-state index contributed by atoms with van der Waals surface area (Å²) in [5, 5.41) is 6.77. The molecule has 0 saturated carbocycles. The van der Waals surface area contributed by atoms with Crippen LogP contribution in [0.5, 0.6) is 0 Å². The highest BCUT2D eigenvalue weighted by Crippen LogP contribution is 2.29. The van der Waals surface area contributed by atoms with Gasteiger partial charge >= 0.3 is 0 Å². The van der Waals surface area contributed by atoms with Gasteiger partial charge in [0, 0.05) is 17.8 Å². The van der Waals surface area contributed by atoms with Gasteiger partial charge in [0.25, 0.3) is 0 Å². The number of allylic oxidation sites excluding steroid dienone is 1. The molecule has 1 aliphatic heterocycles. The van der Waals surface area contributed by atoms with Crippen molar-refractivity contribution in [3.8, 4) is 0 Å². The zero-order chi connectivity index (χ0) is 11.4. The number of rotatable bonds is 5. The summed E-state index contributed by atoms with van der Waals surface area (Å²) < 4.78 is 0. The first kappa shape index (κ1) is 14.1. The van der Waals surface area contributed by atoms with Crippen molar-refractivity contribution in [2.45, 2.75) is 26.2 Å². The van der Waals surface area contributed by atoms with Crippen LogP contribution in [0.25, 0.3) is 0 Å². The molecule has 1 aliphatic rings. The van der Waals surface area contributed by atoms with Crippen LogP contribution in [-0.2, 0) is 12.8 Å². The van der Waals surface area contributed by atoms with Crippen molar-refractivity contribution in [3.05, 3.63) is 41.6 Å². The van der Waals surface area contributed by atoms with Crippen LogP contribution in [-0.4, -0.2) is 13.1 Å². The Bertz CT molecular complexity index is 388. The Labute approximate surface area is 110 Å². The summed E-state index contributed by atoms with van der Waals surface area (Å²) in [5.74, 6) is 0. The van der Waals surface area contributed by atoms with Crippen LogP contribution in [0.2, 0.25) is 0 Å². The third-order valence-corrected chi connectivity index (χ3v) is 2.97. The Kier molecular flexibility index (Phi) is 5.52. The molecule has 0 amide bonds. The highest BCUT2D eigenvalue weighted by molar-refractivity contribution is 5.85. The Balaban J connectivity index is 0.00000144. The van der Waals surface area contributed by atoms with Gasteiger partial charge in [-0.3, -0.25) is 0 Å². The summed E-state index contributed by atoms with van der Waals surface area (Å²) in [5.41, 5.74) is 5.25. The molecule has 0 aliphatic carbocycles. The molecular weight excluding hydrogens is 232 g/mol. The molecule has 1 aromatic carbocycles. The van der Waals surface area contributed by atoms with Crippen molar-refractivity contribution in [3.63, 3.8) is 0 Å². The van der Waals surface area contributed by atoms with E-state index in [-0.39, 0.29) is 12.4 Å². The summed E-state index contributed by atoms with van der Waals surface area (Å²) in [6.07, 6.45) is 3.29. The molecule has 0 unspecified atom stereocenters. The number of fused-ring (bicyclic) bond motifs is 1. The molecular formula is C14H21ClN2. The van der Waals surface area contributed by atoms with Crippen LogP contribution in [0.3, 0.4) is 0 Å². The second-order valence-corrected chi connectivity index (χ2v) is 4.35. The van der Waals surface area contributed by atoms with Gasteiger partial charge in [-0.15, -0.1) is 12.4 Å². The Morgan fingerprint density at radius 3 is 2.94 bits per heavy atom. The lowest BCUT2D eigenvalue weighted by atomic mass is 10.0. The maximum absolute atomic E-state index is 3.99. The molecule has 0 spiro atoms. The number of hydrogen-bond donors (Lipinski definition) is 2. The van der Waals surface area contributed by atoms with E-state index in [2.05, 4.69) is 42.3 Å². The molecule has 0 atom stereocenters.